The Morgan fingerprint density at radius 3 is 2.03 bits per heavy atom. The molecule has 9 nitrogen and oxygen atoms in total. The summed E-state index contributed by atoms with van der Waals surface area (Å²) >= 11 is 0. The summed E-state index contributed by atoms with van der Waals surface area (Å²) in [6, 6.07) is 5.02. The summed E-state index contributed by atoms with van der Waals surface area (Å²) < 4.78 is 5.41. The van der Waals surface area contributed by atoms with Gasteiger partial charge in [-0.3, -0.25) is 14.4 Å². The average molecular weight is 547 g/mol. The molecule has 0 aliphatic carbocycles. The highest BCUT2D eigenvalue weighted by atomic mass is 16.6. The van der Waals surface area contributed by atoms with Gasteiger partial charge in [0, 0.05) is 18.0 Å². The molecular weight excluding hydrogens is 496 g/mol. The lowest BCUT2D eigenvalue weighted by Gasteiger charge is -2.40. The third-order valence-electron chi connectivity index (χ3n) is 6.07. The van der Waals surface area contributed by atoms with E-state index in [1.165, 1.54) is 0 Å². The van der Waals surface area contributed by atoms with Gasteiger partial charge in [0.2, 0.25) is 17.7 Å². The monoisotopic (exact) mass is 546 g/mol. The number of carbonyl (C=O) groups is 4. The van der Waals surface area contributed by atoms with E-state index < -0.39 is 41.1 Å². The van der Waals surface area contributed by atoms with Crippen LogP contribution in [-0.2, 0) is 19.1 Å². The lowest BCUT2D eigenvalue weighted by Crippen LogP contribution is -2.57. The first kappa shape index (κ1) is 33.9. The number of nitrogens with zero attached hydrogens (tertiary/aromatic N) is 1. The third-order valence-corrected chi connectivity index (χ3v) is 6.07. The van der Waals surface area contributed by atoms with Crippen LogP contribution in [0.25, 0.3) is 0 Å². The molecule has 0 fully saturated rings. The Morgan fingerprint density at radius 1 is 0.949 bits per heavy atom. The first-order valence-electron chi connectivity index (χ1n) is 13.8. The maximum atomic E-state index is 14.4. The molecule has 3 atom stereocenters. The third kappa shape index (κ3) is 12.1. The normalized spacial score (nSPS) is 14.2. The molecule has 0 aliphatic rings. The van der Waals surface area contributed by atoms with Crippen LogP contribution in [0.5, 0.6) is 0 Å². The standard InChI is InChI=1S/C30H50N4O5/c1-19(2)15-16-21(4)34(25(26(36)33-29(5,6)7)22-14-12-11-13-20(22)3)27(37)23(17-18-24(31)35)32-28(38)39-30(8,9)10/h11-14,19,21,23,25H,15-18H2,1-10H3,(H2,31,35)(H,32,38)(H,33,36). The van der Waals surface area contributed by atoms with Gasteiger partial charge in [-0.15, -0.1) is 0 Å². The predicted molar refractivity (Wildman–Crippen MR) is 154 cm³/mol. The Hall–Kier alpha value is -3.10. The zero-order chi connectivity index (χ0) is 30.1. The molecular formula is C30H50N4O5. The molecule has 3 unspecified atom stereocenters. The average Bonchev–Trinajstić information content (AvgIpc) is 2.76. The number of rotatable bonds is 12. The Labute approximate surface area is 234 Å². The first-order valence-corrected chi connectivity index (χ1v) is 13.8. The molecule has 1 aromatic carbocycles. The molecule has 0 aliphatic heterocycles. The highest BCUT2D eigenvalue weighted by Gasteiger charge is 2.40. The second kappa shape index (κ2) is 14.3. The number of hydrogen-bond acceptors (Lipinski definition) is 5. The molecule has 220 valence electrons. The van der Waals surface area contributed by atoms with E-state index in [2.05, 4.69) is 24.5 Å². The van der Waals surface area contributed by atoms with Gasteiger partial charge in [-0.1, -0.05) is 38.1 Å². The number of primary amides is 1. The molecule has 1 aromatic rings. The second-order valence-electron chi connectivity index (χ2n) is 12.8. The van der Waals surface area contributed by atoms with E-state index in [1.807, 2.05) is 58.9 Å². The number of aryl methyl sites for hydroxylation is 1. The van der Waals surface area contributed by atoms with E-state index in [0.717, 1.165) is 12.0 Å². The van der Waals surface area contributed by atoms with Crippen molar-refractivity contribution in [2.24, 2.45) is 11.7 Å². The number of nitrogens with two attached hydrogens (primary N) is 1. The zero-order valence-corrected chi connectivity index (χ0v) is 25.5. The Kier molecular flexibility index (Phi) is 12.5. The Bertz CT molecular complexity index is 994. The van der Waals surface area contributed by atoms with E-state index in [1.54, 1.807) is 25.7 Å². The van der Waals surface area contributed by atoms with E-state index in [9.17, 15) is 19.2 Å². The summed E-state index contributed by atoms with van der Waals surface area (Å²) in [5.41, 5.74) is 5.61. The minimum atomic E-state index is -1.12. The van der Waals surface area contributed by atoms with E-state index in [0.29, 0.717) is 17.9 Å². The van der Waals surface area contributed by atoms with E-state index >= 15 is 0 Å². The topological polar surface area (TPSA) is 131 Å². The fraction of sp³-hybridized carbons (Fsp3) is 0.667. The Morgan fingerprint density at radius 2 is 1.54 bits per heavy atom. The van der Waals surface area contributed by atoms with Gasteiger partial charge in [-0.2, -0.15) is 0 Å². The van der Waals surface area contributed by atoms with Crippen LogP contribution in [0.1, 0.15) is 105 Å². The molecule has 0 saturated carbocycles. The molecule has 0 bridgehead atoms. The second-order valence-corrected chi connectivity index (χ2v) is 12.8. The van der Waals surface area contributed by atoms with Crippen LogP contribution < -0.4 is 16.4 Å². The molecule has 9 heteroatoms. The highest BCUT2D eigenvalue weighted by Crippen LogP contribution is 2.30. The van der Waals surface area contributed by atoms with Gasteiger partial charge in [-0.25, -0.2) is 4.79 Å². The van der Waals surface area contributed by atoms with Crippen LogP contribution in [0, 0.1) is 12.8 Å². The fourth-order valence-electron chi connectivity index (χ4n) is 4.24. The van der Waals surface area contributed by atoms with Gasteiger partial charge < -0.3 is 26.0 Å². The zero-order valence-electron chi connectivity index (χ0n) is 25.5. The van der Waals surface area contributed by atoms with Crippen LogP contribution in [-0.4, -0.2) is 51.9 Å². The van der Waals surface area contributed by atoms with Gasteiger partial charge >= 0.3 is 6.09 Å². The van der Waals surface area contributed by atoms with Gasteiger partial charge in [-0.05, 0) is 91.7 Å². The van der Waals surface area contributed by atoms with Crippen molar-refractivity contribution in [2.45, 2.75) is 124 Å². The number of amides is 4. The van der Waals surface area contributed by atoms with E-state index in [4.69, 9.17) is 10.5 Å². The van der Waals surface area contributed by atoms with Gasteiger partial charge in [0.25, 0.3) is 0 Å². The summed E-state index contributed by atoms with van der Waals surface area (Å²) in [7, 11) is 0. The molecule has 0 radical (unpaired) electrons. The van der Waals surface area contributed by atoms with Crippen molar-refractivity contribution in [1.29, 1.82) is 0 Å². The van der Waals surface area contributed by atoms with Crippen LogP contribution in [0.3, 0.4) is 0 Å². The van der Waals surface area contributed by atoms with Crippen molar-refractivity contribution in [3.63, 3.8) is 0 Å². The highest BCUT2D eigenvalue weighted by molar-refractivity contribution is 5.93. The van der Waals surface area contributed by atoms with Crippen molar-refractivity contribution in [2.75, 3.05) is 0 Å². The molecule has 39 heavy (non-hydrogen) atoms. The molecule has 0 aromatic heterocycles. The van der Waals surface area contributed by atoms with Crippen molar-refractivity contribution in [3.8, 4) is 0 Å². The summed E-state index contributed by atoms with van der Waals surface area (Å²) in [6.07, 6.45) is 0.541. The van der Waals surface area contributed by atoms with Crippen molar-refractivity contribution < 1.29 is 23.9 Å². The summed E-state index contributed by atoms with van der Waals surface area (Å²) in [6.45, 7) is 18.8. The van der Waals surface area contributed by atoms with E-state index in [-0.39, 0.29) is 24.8 Å². The maximum absolute atomic E-state index is 14.4. The van der Waals surface area contributed by atoms with Crippen molar-refractivity contribution in [1.82, 2.24) is 15.5 Å². The van der Waals surface area contributed by atoms with Gasteiger partial charge in [0.05, 0.1) is 0 Å². The predicted octanol–water partition coefficient (Wildman–Crippen LogP) is 4.76. The molecule has 4 N–H and O–H groups in total. The number of carbonyl (C=O) groups excluding carboxylic acids is 4. The smallest absolute Gasteiger partial charge is 0.408 e. The Balaban J connectivity index is 3.69. The maximum Gasteiger partial charge on any atom is 0.408 e. The number of benzene rings is 1. The molecule has 1 rings (SSSR count). The van der Waals surface area contributed by atoms with Crippen LogP contribution in [0.2, 0.25) is 0 Å². The van der Waals surface area contributed by atoms with Crippen molar-refractivity contribution in [3.05, 3.63) is 35.4 Å². The van der Waals surface area contributed by atoms with Gasteiger partial charge in [0.1, 0.15) is 17.7 Å². The molecule has 0 saturated heterocycles. The molecule has 0 heterocycles. The first-order chi connectivity index (χ1) is 17.8. The fourth-order valence-corrected chi connectivity index (χ4v) is 4.24. The molecule has 4 amide bonds. The summed E-state index contributed by atoms with van der Waals surface area (Å²) in [5.74, 6) is -1.02. The number of alkyl carbamates (subject to hydrolysis) is 1. The summed E-state index contributed by atoms with van der Waals surface area (Å²) in [5, 5.41) is 5.69. The lowest BCUT2D eigenvalue weighted by atomic mass is 9.93. The largest absolute Gasteiger partial charge is 0.444 e. The van der Waals surface area contributed by atoms with Crippen molar-refractivity contribution >= 4 is 23.8 Å². The number of ether oxygens (including phenoxy) is 1. The quantitative estimate of drug-likeness (QED) is 0.348. The van der Waals surface area contributed by atoms with Crippen LogP contribution in [0.15, 0.2) is 24.3 Å². The number of hydrogen-bond donors (Lipinski definition) is 3. The lowest BCUT2D eigenvalue weighted by molar-refractivity contribution is -0.146. The van der Waals surface area contributed by atoms with Gasteiger partial charge in [0.15, 0.2) is 0 Å². The van der Waals surface area contributed by atoms with Crippen LogP contribution in [0.4, 0.5) is 4.79 Å². The number of nitrogens with one attached hydrogen (secondary N) is 2. The molecule has 0 spiro atoms. The van der Waals surface area contributed by atoms with Crippen LogP contribution >= 0.6 is 0 Å². The summed E-state index contributed by atoms with van der Waals surface area (Å²) in [4.78, 5) is 54.3. The minimum Gasteiger partial charge on any atom is -0.444 e. The minimum absolute atomic E-state index is 0.0256. The SMILES string of the molecule is Cc1ccccc1C(C(=O)NC(C)(C)C)N(C(=O)C(CCC(N)=O)NC(=O)OC(C)(C)C)C(C)CCC(C)C.